The van der Waals surface area contributed by atoms with Crippen LogP contribution in [0, 0.1) is 0 Å². The third-order valence-corrected chi connectivity index (χ3v) is 15.7. The summed E-state index contributed by atoms with van der Waals surface area (Å²) in [7, 11) is 0. The second-order valence-corrected chi connectivity index (χ2v) is 24.0. The maximum Gasteiger partial charge on any atom is 0.333 e. The van der Waals surface area contributed by atoms with Crippen molar-refractivity contribution in [3.63, 3.8) is 0 Å². The molecule has 0 amide bonds. The van der Waals surface area contributed by atoms with Crippen molar-refractivity contribution < 1.29 is 71.8 Å². The van der Waals surface area contributed by atoms with Crippen molar-refractivity contribution >= 4 is 41.0 Å². The number of carbonyl (C=O) groups excluding carboxylic acids is 7. The van der Waals surface area contributed by atoms with E-state index in [1.54, 1.807) is 20.8 Å². The zero-order chi connectivity index (χ0) is 66.2. The second-order valence-electron chi connectivity index (χ2n) is 24.0. The van der Waals surface area contributed by atoms with Gasteiger partial charge >= 0.3 is 17.9 Å². The van der Waals surface area contributed by atoms with Crippen LogP contribution in [-0.2, 0) is 54.3 Å². The fourth-order valence-corrected chi connectivity index (χ4v) is 10.8. The molecule has 1 aliphatic carbocycles. The number of aliphatic hydroxyl groups is 1. The summed E-state index contributed by atoms with van der Waals surface area (Å²) in [6.07, 6.45) is 12.3. The summed E-state index contributed by atoms with van der Waals surface area (Å²) in [4.78, 5) is 96.6. The van der Waals surface area contributed by atoms with Crippen LogP contribution in [-0.4, -0.2) is 99.0 Å². The lowest BCUT2D eigenvalue weighted by Crippen LogP contribution is -2.15. The molecule has 91 heavy (non-hydrogen) atoms. The summed E-state index contributed by atoms with van der Waals surface area (Å²) in [5.74, 6) is -0.163. The van der Waals surface area contributed by atoms with Gasteiger partial charge in [0, 0.05) is 123 Å². The SMILES string of the molecule is C=C(C)C(=O)OCCCOc1c2cc(C(=O)CCCCC)cc1Cc1cc(C(=O)CCCCC)cc(c1OCCCOC(=O)C(=C)C)Cc1cc(C(=O)CCCCC)cc(c1OCCCOC(=O)C(=C)C)Cc1cc(C(=O)CCCCC)cc(c1OCCCO)C2. The van der Waals surface area contributed by atoms with Crippen molar-refractivity contribution in [3.05, 3.63) is 152 Å². The van der Waals surface area contributed by atoms with Gasteiger partial charge in [0.25, 0.3) is 0 Å². The summed E-state index contributed by atoms with van der Waals surface area (Å²) >= 11 is 0. The molecular formula is C76H100O15. The van der Waals surface area contributed by atoms with Crippen LogP contribution >= 0.6 is 0 Å². The van der Waals surface area contributed by atoms with E-state index in [0.29, 0.717) is 115 Å². The minimum Gasteiger partial charge on any atom is -0.493 e. The number of ketones is 4. The molecule has 0 aromatic heterocycles. The average Bonchev–Trinajstić information content (AvgIpc) is 0.800. The number of hydrogen-bond acceptors (Lipinski definition) is 15. The number of benzene rings is 4. The van der Waals surface area contributed by atoms with Crippen molar-refractivity contribution in [3.8, 4) is 23.0 Å². The maximum atomic E-state index is 14.8. The van der Waals surface area contributed by atoms with Crippen molar-refractivity contribution in [1.82, 2.24) is 0 Å². The molecule has 4 aromatic carbocycles. The Hall–Kier alpha value is -7.65. The van der Waals surface area contributed by atoms with Crippen LogP contribution in [0.1, 0.15) is 263 Å². The first-order valence-corrected chi connectivity index (χ1v) is 33.2. The van der Waals surface area contributed by atoms with Gasteiger partial charge in [-0.25, -0.2) is 14.4 Å². The molecule has 0 spiro atoms. The van der Waals surface area contributed by atoms with E-state index in [4.69, 9.17) is 33.2 Å². The highest BCUT2D eigenvalue weighted by Gasteiger charge is 2.28. The monoisotopic (exact) mass is 1250 g/mol. The minimum absolute atomic E-state index is 0.0265. The molecule has 0 saturated heterocycles. The van der Waals surface area contributed by atoms with E-state index in [0.717, 1.165) is 51.4 Å². The zero-order valence-electron chi connectivity index (χ0n) is 55.5. The third kappa shape index (κ3) is 23.8. The number of ether oxygens (including phenoxy) is 7. The zero-order valence-corrected chi connectivity index (χ0v) is 55.5. The van der Waals surface area contributed by atoms with Gasteiger partial charge in [-0.2, -0.15) is 0 Å². The summed E-state index contributed by atoms with van der Waals surface area (Å²) in [6.45, 7) is 24.5. The number of aliphatic hydroxyl groups excluding tert-OH is 1. The van der Waals surface area contributed by atoms with Crippen LogP contribution in [0.3, 0.4) is 0 Å². The number of carbonyl (C=O) groups is 7. The van der Waals surface area contributed by atoms with Gasteiger partial charge in [0.15, 0.2) is 23.1 Å². The van der Waals surface area contributed by atoms with E-state index >= 15 is 0 Å². The Kier molecular flexibility index (Phi) is 32.2. The molecule has 1 aliphatic rings. The molecule has 494 valence electrons. The predicted octanol–water partition coefficient (Wildman–Crippen LogP) is 15.8. The Balaban J connectivity index is 1.99. The molecule has 0 fully saturated rings. The molecule has 0 saturated carbocycles. The highest BCUT2D eigenvalue weighted by Crippen LogP contribution is 2.42. The molecule has 0 radical (unpaired) electrons. The minimum atomic E-state index is -0.534. The normalized spacial score (nSPS) is 11.7. The smallest absolute Gasteiger partial charge is 0.333 e. The first-order chi connectivity index (χ1) is 43.8. The van der Waals surface area contributed by atoms with Gasteiger partial charge in [-0.1, -0.05) is 98.8 Å². The molecule has 5 rings (SSSR count). The number of rotatable bonds is 42. The summed E-state index contributed by atoms with van der Waals surface area (Å²) in [6, 6.07) is 14.8. The van der Waals surface area contributed by atoms with Crippen LogP contribution < -0.4 is 18.9 Å². The lowest BCUT2D eigenvalue weighted by atomic mass is 9.86. The molecule has 8 bridgehead atoms. The second kappa shape index (κ2) is 39.6. The third-order valence-electron chi connectivity index (χ3n) is 15.7. The van der Waals surface area contributed by atoms with Crippen LogP contribution in [0.25, 0.3) is 0 Å². The van der Waals surface area contributed by atoms with Crippen LogP contribution in [0.4, 0.5) is 0 Å². The van der Waals surface area contributed by atoms with Crippen molar-refractivity contribution in [1.29, 1.82) is 0 Å². The Bertz CT molecular complexity index is 3020. The summed E-state index contributed by atoms with van der Waals surface area (Å²) in [5.41, 5.74) is 7.32. The van der Waals surface area contributed by atoms with E-state index in [1.807, 2.05) is 48.5 Å². The summed E-state index contributed by atoms with van der Waals surface area (Å²) < 4.78 is 44.2. The first-order valence-electron chi connectivity index (χ1n) is 33.2. The lowest BCUT2D eigenvalue weighted by molar-refractivity contribution is -0.140. The Morgan fingerprint density at radius 1 is 0.330 bits per heavy atom. The lowest BCUT2D eigenvalue weighted by Gasteiger charge is -2.25. The van der Waals surface area contributed by atoms with Gasteiger partial charge in [-0.3, -0.25) is 19.2 Å². The molecule has 0 heterocycles. The average molecular weight is 1250 g/mol. The standard InChI is InChI=1S/C76H100O15/c1-11-15-19-27-66(78)54-39-58-47-60-41-55(67(79)28-20-16-12-2)43-62(71(60)86-33-24-36-89-74(82)51(5)6)49-64-45-57(69(81)30-22-18-14-4)46-65(73(64)88-35-26-38-91-76(84)53(9)10)50-63-44-56(68(80)29-21-17-13-3)42-61(48-59(40-54)70(58)85-32-23-31-77)72(63)87-34-25-37-90-75(83)52(7)8/h39-46,77H,5,7,9,11-38,47-50H2,1-4,6,8,10H3. The van der Waals surface area contributed by atoms with Gasteiger partial charge in [0.1, 0.15) is 23.0 Å². The van der Waals surface area contributed by atoms with E-state index in [1.165, 1.54) is 0 Å². The fourth-order valence-electron chi connectivity index (χ4n) is 10.8. The van der Waals surface area contributed by atoms with Crippen LogP contribution in [0.15, 0.2) is 85.0 Å². The molecule has 0 unspecified atom stereocenters. The van der Waals surface area contributed by atoms with Gasteiger partial charge in [-0.05, 0) is 139 Å². The van der Waals surface area contributed by atoms with Crippen LogP contribution in [0.5, 0.6) is 23.0 Å². The Morgan fingerprint density at radius 3 is 0.725 bits per heavy atom. The quantitative estimate of drug-likeness (QED) is 0.0127. The Labute approximate surface area is 540 Å². The topological polar surface area (TPSA) is 204 Å². The summed E-state index contributed by atoms with van der Waals surface area (Å²) in [5, 5.41) is 10.2. The maximum absolute atomic E-state index is 14.8. The van der Waals surface area contributed by atoms with Gasteiger partial charge < -0.3 is 38.3 Å². The van der Waals surface area contributed by atoms with Gasteiger partial charge in [0.05, 0.1) is 46.2 Å². The van der Waals surface area contributed by atoms with E-state index in [-0.39, 0.29) is 170 Å². The highest BCUT2D eigenvalue weighted by molar-refractivity contribution is 5.99. The van der Waals surface area contributed by atoms with Crippen molar-refractivity contribution in [2.45, 2.75) is 203 Å². The highest BCUT2D eigenvalue weighted by atomic mass is 16.5. The number of Topliss-reactive ketones (excluding diaryl/α,β-unsaturated/α-hetero) is 4. The van der Waals surface area contributed by atoms with Crippen LogP contribution in [0.2, 0.25) is 0 Å². The van der Waals surface area contributed by atoms with Gasteiger partial charge in [-0.15, -0.1) is 0 Å². The number of hydrogen-bond donors (Lipinski definition) is 1. The number of unbranched alkanes of at least 4 members (excludes halogenated alkanes) is 8. The van der Waals surface area contributed by atoms with Crippen molar-refractivity contribution in [2.75, 3.05) is 52.9 Å². The van der Waals surface area contributed by atoms with E-state index in [9.17, 15) is 38.7 Å². The Morgan fingerprint density at radius 2 is 0.538 bits per heavy atom. The predicted molar refractivity (Wildman–Crippen MR) is 356 cm³/mol. The molecule has 4 aromatic rings. The largest absolute Gasteiger partial charge is 0.493 e. The molecule has 15 nitrogen and oxygen atoms in total. The van der Waals surface area contributed by atoms with Crippen molar-refractivity contribution in [2.24, 2.45) is 0 Å². The molecule has 1 N–H and O–H groups in total. The van der Waals surface area contributed by atoms with E-state index in [2.05, 4.69) is 47.4 Å². The number of fused-ring (bicyclic) bond motifs is 8. The molecular weight excluding hydrogens is 1150 g/mol. The first kappa shape index (κ1) is 74.1. The molecule has 0 atom stereocenters. The van der Waals surface area contributed by atoms with E-state index < -0.39 is 17.9 Å². The molecule has 0 aliphatic heterocycles. The number of esters is 3. The fraction of sp³-hybridized carbons (Fsp3) is 0.513. The molecule has 15 heteroatoms. The van der Waals surface area contributed by atoms with Gasteiger partial charge in [0.2, 0.25) is 0 Å².